The van der Waals surface area contributed by atoms with Crippen molar-refractivity contribution in [2.45, 2.75) is 13.8 Å². The van der Waals surface area contributed by atoms with Crippen molar-refractivity contribution >= 4 is 33.0 Å². The van der Waals surface area contributed by atoms with Gasteiger partial charge in [0.05, 0.1) is 5.56 Å². The number of rotatable bonds is 2. The maximum Gasteiger partial charge on any atom is 0.200 e. The van der Waals surface area contributed by atoms with E-state index in [0.717, 1.165) is 21.9 Å². The predicted molar refractivity (Wildman–Crippen MR) is 71.3 cm³/mol. The summed E-state index contributed by atoms with van der Waals surface area (Å²) in [4.78, 5) is 13.8. The molecule has 0 saturated heterocycles. The van der Waals surface area contributed by atoms with E-state index < -0.39 is 23.0 Å². The molecule has 0 bridgehead atoms. The summed E-state index contributed by atoms with van der Waals surface area (Å²) in [6.07, 6.45) is 0. The van der Waals surface area contributed by atoms with Crippen molar-refractivity contribution in [3.63, 3.8) is 0 Å². The number of benzene rings is 1. The van der Waals surface area contributed by atoms with Gasteiger partial charge in [-0.2, -0.15) is 0 Å². The molecule has 0 N–H and O–H groups in total. The van der Waals surface area contributed by atoms with E-state index in [1.54, 1.807) is 13.0 Å². The van der Waals surface area contributed by atoms with Gasteiger partial charge in [0.15, 0.2) is 5.78 Å². The lowest BCUT2D eigenvalue weighted by Crippen LogP contribution is -2.07. The van der Waals surface area contributed by atoms with Gasteiger partial charge in [-0.25, -0.2) is 8.78 Å². The number of ketones is 1. The third-order valence-electron chi connectivity index (χ3n) is 2.52. The molecule has 1 heterocycles. The normalized spacial score (nSPS) is 10.7. The predicted octanol–water partition coefficient (Wildman–Crippen LogP) is 4.64. The van der Waals surface area contributed by atoms with Crippen LogP contribution in [0.25, 0.3) is 0 Å². The van der Waals surface area contributed by atoms with Crippen LogP contribution in [0.5, 0.6) is 0 Å². The molecule has 1 aromatic carbocycles. The Balaban J connectivity index is 2.56. The SMILES string of the molecule is Cc1cc(C(=O)c2c(F)cc(Br)cc2F)c(C)s1. The monoisotopic (exact) mass is 330 g/mol. The zero-order valence-electron chi connectivity index (χ0n) is 9.68. The second-order valence-electron chi connectivity index (χ2n) is 3.90. The van der Waals surface area contributed by atoms with Crippen molar-refractivity contribution in [2.24, 2.45) is 0 Å². The van der Waals surface area contributed by atoms with Gasteiger partial charge >= 0.3 is 0 Å². The zero-order chi connectivity index (χ0) is 13.4. The molecule has 2 aromatic rings. The van der Waals surface area contributed by atoms with Gasteiger partial charge < -0.3 is 0 Å². The van der Waals surface area contributed by atoms with Gasteiger partial charge in [-0.05, 0) is 32.0 Å². The van der Waals surface area contributed by atoms with Crippen molar-refractivity contribution in [2.75, 3.05) is 0 Å². The third kappa shape index (κ3) is 2.37. The fourth-order valence-electron chi connectivity index (χ4n) is 1.75. The van der Waals surface area contributed by atoms with E-state index in [2.05, 4.69) is 15.9 Å². The summed E-state index contributed by atoms with van der Waals surface area (Å²) < 4.78 is 27.7. The van der Waals surface area contributed by atoms with Crippen LogP contribution in [0, 0.1) is 25.5 Å². The van der Waals surface area contributed by atoms with Crippen LogP contribution in [0.2, 0.25) is 0 Å². The second-order valence-corrected chi connectivity index (χ2v) is 6.28. The van der Waals surface area contributed by atoms with Crippen LogP contribution in [0.4, 0.5) is 8.78 Å². The molecular weight excluding hydrogens is 322 g/mol. The van der Waals surface area contributed by atoms with Gasteiger partial charge in [0.25, 0.3) is 0 Å². The van der Waals surface area contributed by atoms with Gasteiger partial charge in [-0.3, -0.25) is 4.79 Å². The van der Waals surface area contributed by atoms with E-state index in [1.165, 1.54) is 11.3 Å². The van der Waals surface area contributed by atoms with Crippen LogP contribution in [0.15, 0.2) is 22.7 Å². The Morgan fingerprint density at radius 1 is 1.17 bits per heavy atom. The second kappa shape index (κ2) is 4.90. The molecule has 0 aliphatic heterocycles. The molecule has 0 saturated carbocycles. The molecule has 5 heteroatoms. The average molecular weight is 331 g/mol. The van der Waals surface area contributed by atoms with E-state index in [0.29, 0.717) is 5.56 Å². The van der Waals surface area contributed by atoms with E-state index in [4.69, 9.17) is 0 Å². The Morgan fingerprint density at radius 3 is 2.17 bits per heavy atom. The van der Waals surface area contributed by atoms with Crippen molar-refractivity contribution in [1.29, 1.82) is 0 Å². The van der Waals surface area contributed by atoms with E-state index in [1.807, 2.05) is 6.92 Å². The first-order chi connectivity index (χ1) is 8.40. The summed E-state index contributed by atoms with van der Waals surface area (Å²) in [6.45, 7) is 3.61. The minimum absolute atomic E-state index is 0.271. The Labute approximate surface area is 116 Å². The Hall–Kier alpha value is -1.07. The summed E-state index contributed by atoms with van der Waals surface area (Å²) >= 11 is 4.41. The lowest BCUT2D eigenvalue weighted by molar-refractivity contribution is 0.103. The van der Waals surface area contributed by atoms with Crippen LogP contribution < -0.4 is 0 Å². The van der Waals surface area contributed by atoms with E-state index in [-0.39, 0.29) is 4.47 Å². The molecule has 0 spiro atoms. The molecule has 1 nitrogen and oxygen atoms in total. The molecule has 0 radical (unpaired) electrons. The molecule has 0 aliphatic carbocycles. The number of carbonyl (C=O) groups excluding carboxylic acids is 1. The van der Waals surface area contributed by atoms with Crippen LogP contribution in [-0.2, 0) is 0 Å². The molecule has 2 rings (SSSR count). The molecule has 0 aliphatic rings. The number of thiophene rings is 1. The zero-order valence-corrected chi connectivity index (χ0v) is 12.1. The summed E-state index contributed by atoms with van der Waals surface area (Å²) in [5, 5.41) is 0. The molecule has 1 aromatic heterocycles. The Morgan fingerprint density at radius 2 is 1.72 bits per heavy atom. The lowest BCUT2D eigenvalue weighted by Gasteiger charge is -2.04. The van der Waals surface area contributed by atoms with Crippen LogP contribution in [0.3, 0.4) is 0 Å². The van der Waals surface area contributed by atoms with Crippen LogP contribution in [-0.4, -0.2) is 5.78 Å². The first-order valence-electron chi connectivity index (χ1n) is 5.16. The minimum Gasteiger partial charge on any atom is -0.288 e. The Kier molecular flexibility index (Phi) is 3.64. The maximum atomic E-state index is 13.7. The third-order valence-corrected chi connectivity index (χ3v) is 3.94. The molecule has 18 heavy (non-hydrogen) atoms. The number of halogens is 3. The highest BCUT2D eigenvalue weighted by atomic mass is 79.9. The summed E-state index contributed by atoms with van der Waals surface area (Å²) in [6, 6.07) is 3.83. The fourth-order valence-corrected chi connectivity index (χ4v) is 3.07. The number of aryl methyl sites for hydroxylation is 2. The van der Waals surface area contributed by atoms with Crippen molar-refractivity contribution in [3.8, 4) is 0 Å². The molecule has 0 fully saturated rings. The first kappa shape index (κ1) is 13.4. The van der Waals surface area contributed by atoms with Gasteiger partial charge in [0.2, 0.25) is 0 Å². The largest absolute Gasteiger partial charge is 0.288 e. The van der Waals surface area contributed by atoms with Gasteiger partial charge in [-0.15, -0.1) is 11.3 Å². The van der Waals surface area contributed by atoms with E-state index >= 15 is 0 Å². The first-order valence-corrected chi connectivity index (χ1v) is 6.77. The van der Waals surface area contributed by atoms with Crippen molar-refractivity contribution in [3.05, 3.63) is 55.2 Å². The number of hydrogen-bond donors (Lipinski definition) is 0. The van der Waals surface area contributed by atoms with Gasteiger partial charge in [-0.1, -0.05) is 15.9 Å². The van der Waals surface area contributed by atoms with E-state index in [9.17, 15) is 13.6 Å². The lowest BCUT2D eigenvalue weighted by atomic mass is 10.0. The highest BCUT2D eigenvalue weighted by molar-refractivity contribution is 9.10. The highest BCUT2D eigenvalue weighted by Gasteiger charge is 2.22. The molecule has 0 unspecified atom stereocenters. The number of hydrogen-bond acceptors (Lipinski definition) is 2. The summed E-state index contributed by atoms with van der Waals surface area (Å²) in [7, 11) is 0. The quantitative estimate of drug-likeness (QED) is 0.733. The number of carbonyl (C=O) groups is 1. The molecule has 94 valence electrons. The maximum absolute atomic E-state index is 13.7. The summed E-state index contributed by atoms with van der Waals surface area (Å²) in [5.74, 6) is -2.32. The van der Waals surface area contributed by atoms with Crippen LogP contribution >= 0.6 is 27.3 Å². The van der Waals surface area contributed by atoms with Gasteiger partial charge in [0, 0.05) is 19.8 Å². The topological polar surface area (TPSA) is 17.1 Å². The Bertz CT molecular complexity index is 611. The molecule has 0 amide bonds. The molecular formula is C13H9BrF2OS. The average Bonchev–Trinajstić information content (AvgIpc) is 2.56. The van der Waals surface area contributed by atoms with Crippen molar-refractivity contribution in [1.82, 2.24) is 0 Å². The molecule has 0 atom stereocenters. The van der Waals surface area contributed by atoms with Crippen molar-refractivity contribution < 1.29 is 13.6 Å². The standard InChI is InChI=1S/C13H9BrF2OS/c1-6-3-9(7(2)18-6)13(17)12-10(15)4-8(14)5-11(12)16/h3-5H,1-2H3. The summed E-state index contributed by atoms with van der Waals surface area (Å²) in [5.41, 5.74) is -0.142. The van der Waals surface area contributed by atoms with Gasteiger partial charge in [0.1, 0.15) is 11.6 Å². The fraction of sp³-hybridized carbons (Fsp3) is 0.154. The smallest absolute Gasteiger partial charge is 0.200 e. The van der Waals surface area contributed by atoms with Crippen LogP contribution in [0.1, 0.15) is 25.7 Å². The minimum atomic E-state index is -0.852. The highest BCUT2D eigenvalue weighted by Crippen LogP contribution is 2.27.